The lowest BCUT2D eigenvalue weighted by Crippen LogP contribution is -2.56. The predicted octanol–water partition coefficient (Wildman–Crippen LogP) is 3.15. The van der Waals surface area contributed by atoms with Gasteiger partial charge in [0.15, 0.2) is 6.61 Å². The highest BCUT2D eigenvalue weighted by Gasteiger charge is 2.40. The number of hydrogen-bond acceptors (Lipinski definition) is 6. The van der Waals surface area contributed by atoms with Crippen molar-refractivity contribution < 1.29 is 41.3 Å². The molecule has 1 aliphatic heterocycles. The summed E-state index contributed by atoms with van der Waals surface area (Å²) in [5, 5.41) is 2.85. The zero-order chi connectivity index (χ0) is 24.0. The van der Waals surface area contributed by atoms with Gasteiger partial charge < -0.3 is 19.5 Å². The van der Waals surface area contributed by atoms with Crippen molar-refractivity contribution in [1.82, 2.24) is 10.2 Å². The number of carbonyl (C=O) groups excluding carboxylic acids is 1. The third-order valence-corrected chi connectivity index (χ3v) is 5.97. The van der Waals surface area contributed by atoms with Crippen LogP contribution in [0, 0.1) is 5.82 Å². The summed E-state index contributed by atoms with van der Waals surface area (Å²) in [6.45, 7) is 1.99. The first-order chi connectivity index (χ1) is 15.6. The molecule has 2 fully saturated rings. The number of alkyl halides is 3. The molecule has 1 saturated carbocycles. The van der Waals surface area contributed by atoms with Crippen molar-refractivity contribution in [3.63, 3.8) is 0 Å². The molecule has 1 aromatic carbocycles. The van der Waals surface area contributed by atoms with Gasteiger partial charge in [-0.15, -0.1) is 13.2 Å². The second kappa shape index (κ2) is 11.7. The summed E-state index contributed by atoms with van der Waals surface area (Å²) < 4.78 is 70.3. The number of rotatable bonds is 10. The fourth-order valence-electron chi connectivity index (χ4n) is 3.84. The quantitative estimate of drug-likeness (QED) is 0.500. The first-order valence-corrected chi connectivity index (χ1v) is 11.0. The second-order valence-corrected chi connectivity index (χ2v) is 8.46. The lowest BCUT2D eigenvalue weighted by molar-refractivity contribution is -0.357. The number of carbonyl (C=O) groups is 1. The Bertz CT molecular complexity index is 794. The number of halogens is 5. The Morgan fingerprint density at radius 2 is 2.03 bits per heavy atom. The van der Waals surface area contributed by atoms with E-state index in [4.69, 9.17) is 25.8 Å². The molecule has 0 aromatic heterocycles. The molecule has 1 N–H and O–H groups in total. The van der Waals surface area contributed by atoms with E-state index in [1.165, 1.54) is 12.1 Å². The number of nitrogens with one attached hydrogen (secondary N) is 1. The average molecular weight is 499 g/mol. The minimum Gasteiger partial charge on any atom is -0.484 e. The molecule has 1 aromatic rings. The number of piperidine rings is 1. The second-order valence-electron chi connectivity index (χ2n) is 8.05. The Balaban J connectivity index is 1.32. The lowest BCUT2D eigenvalue weighted by Gasteiger charge is -2.39. The summed E-state index contributed by atoms with van der Waals surface area (Å²) in [7, 11) is 1.56. The number of nitrogens with zero attached hydrogens (tertiary/aromatic N) is 1. The van der Waals surface area contributed by atoms with Crippen molar-refractivity contribution >= 4 is 17.5 Å². The SMILES string of the molecule is CO[C@@H]1CN(CCOC2CC(OC(F)(F)F)C2)CC[C@H]1NC(=O)COc1ccc(Cl)c(F)c1. The maximum atomic E-state index is 13.5. The van der Waals surface area contributed by atoms with Gasteiger partial charge in [0.1, 0.15) is 11.6 Å². The Morgan fingerprint density at radius 3 is 2.70 bits per heavy atom. The molecule has 33 heavy (non-hydrogen) atoms. The number of amides is 1. The maximum Gasteiger partial charge on any atom is 0.522 e. The monoisotopic (exact) mass is 498 g/mol. The van der Waals surface area contributed by atoms with Gasteiger partial charge in [-0.2, -0.15) is 0 Å². The predicted molar refractivity (Wildman–Crippen MR) is 111 cm³/mol. The highest BCUT2D eigenvalue weighted by molar-refractivity contribution is 6.30. The molecule has 1 heterocycles. The van der Waals surface area contributed by atoms with E-state index in [0.29, 0.717) is 32.7 Å². The maximum absolute atomic E-state index is 13.5. The summed E-state index contributed by atoms with van der Waals surface area (Å²) in [4.78, 5) is 14.4. The van der Waals surface area contributed by atoms with Crippen molar-refractivity contribution in [2.24, 2.45) is 0 Å². The smallest absolute Gasteiger partial charge is 0.484 e. The highest BCUT2D eigenvalue weighted by atomic mass is 35.5. The third-order valence-electron chi connectivity index (χ3n) is 5.67. The summed E-state index contributed by atoms with van der Waals surface area (Å²) in [5.74, 6) is -0.778. The van der Waals surface area contributed by atoms with Gasteiger partial charge in [-0.25, -0.2) is 4.39 Å². The lowest BCUT2D eigenvalue weighted by atomic mass is 9.92. The number of benzene rings is 1. The molecule has 2 atom stereocenters. The van der Waals surface area contributed by atoms with Crippen LogP contribution >= 0.6 is 11.6 Å². The van der Waals surface area contributed by atoms with E-state index in [1.807, 2.05) is 0 Å². The van der Waals surface area contributed by atoms with Crippen molar-refractivity contribution in [3.8, 4) is 5.75 Å². The van der Waals surface area contributed by atoms with E-state index < -0.39 is 18.3 Å². The normalized spacial score (nSPS) is 26.0. The summed E-state index contributed by atoms with van der Waals surface area (Å²) in [5.41, 5.74) is 0. The zero-order valence-corrected chi connectivity index (χ0v) is 18.8. The minimum atomic E-state index is -4.61. The van der Waals surface area contributed by atoms with Gasteiger partial charge in [0.2, 0.25) is 0 Å². The molecular formula is C21H27ClF4N2O5. The van der Waals surface area contributed by atoms with Crippen LogP contribution in [0.25, 0.3) is 0 Å². The van der Waals surface area contributed by atoms with E-state index in [2.05, 4.69) is 15.0 Å². The molecule has 3 rings (SSSR count). The van der Waals surface area contributed by atoms with E-state index in [1.54, 1.807) is 7.11 Å². The Hall–Kier alpha value is -1.66. The number of hydrogen-bond donors (Lipinski definition) is 1. The Morgan fingerprint density at radius 1 is 1.27 bits per heavy atom. The molecule has 1 amide bonds. The van der Waals surface area contributed by atoms with Crippen molar-refractivity contribution in [2.75, 3.05) is 40.0 Å². The topological polar surface area (TPSA) is 69.3 Å². The molecule has 1 saturated heterocycles. The van der Waals surface area contributed by atoms with E-state index in [0.717, 1.165) is 6.07 Å². The van der Waals surface area contributed by atoms with Crippen LogP contribution in [0.1, 0.15) is 19.3 Å². The van der Waals surface area contributed by atoms with Gasteiger partial charge in [-0.05, 0) is 18.6 Å². The van der Waals surface area contributed by atoms with Crippen LogP contribution in [0.15, 0.2) is 18.2 Å². The van der Waals surface area contributed by atoms with Gasteiger partial charge in [0.05, 0.1) is 36.0 Å². The standard InChI is InChI=1S/C21H27ClF4N2O5/c1-30-19-11-28(6-7-31-14-8-15(9-14)33-21(24,25)26)5-4-18(19)27-20(29)12-32-13-2-3-16(22)17(23)10-13/h2-3,10,14-15,18-19H,4-9,11-12H2,1H3,(H,27,29)/t14?,15?,18-,19-/m1/s1. The van der Waals surface area contributed by atoms with Crippen LogP contribution in [0.5, 0.6) is 5.75 Å². The van der Waals surface area contributed by atoms with Crippen LogP contribution in [0.3, 0.4) is 0 Å². The number of methoxy groups -OCH3 is 1. The molecule has 0 spiro atoms. The van der Waals surface area contributed by atoms with Crippen LogP contribution in [0.2, 0.25) is 5.02 Å². The molecule has 0 unspecified atom stereocenters. The molecule has 186 valence electrons. The summed E-state index contributed by atoms with van der Waals surface area (Å²) in [6, 6.07) is 3.73. The van der Waals surface area contributed by atoms with E-state index in [-0.39, 0.29) is 54.4 Å². The van der Waals surface area contributed by atoms with Crippen molar-refractivity contribution in [3.05, 3.63) is 29.0 Å². The molecule has 0 radical (unpaired) electrons. The Labute approximate surface area is 194 Å². The van der Waals surface area contributed by atoms with Gasteiger partial charge in [-0.1, -0.05) is 11.6 Å². The highest BCUT2D eigenvalue weighted by Crippen LogP contribution is 2.32. The van der Waals surface area contributed by atoms with Gasteiger partial charge in [-0.3, -0.25) is 14.4 Å². The fourth-order valence-corrected chi connectivity index (χ4v) is 3.96. The third kappa shape index (κ3) is 8.25. The van der Waals surface area contributed by atoms with Crippen LogP contribution < -0.4 is 10.1 Å². The first-order valence-electron chi connectivity index (χ1n) is 10.6. The van der Waals surface area contributed by atoms with Crippen molar-refractivity contribution in [1.29, 1.82) is 0 Å². The van der Waals surface area contributed by atoms with Crippen LogP contribution in [-0.2, 0) is 19.0 Å². The number of ether oxygens (including phenoxy) is 4. The Kier molecular flexibility index (Phi) is 9.17. The van der Waals surface area contributed by atoms with Gasteiger partial charge in [0, 0.05) is 45.7 Å². The molecule has 2 aliphatic rings. The molecule has 7 nitrogen and oxygen atoms in total. The molecule has 0 bridgehead atoms. The van der Waals surface area contributed by atoms with Gasteiger partial charge >= 0.3 is 6.36 Å². The average Bonchev–Trinajstić information content (AvgIpc) is 2.72. The fraction of sp³-hybridized carbons (Fsp3) is 0.667. The summed E-state index contributed by atoms with van der Waals surface area (Å²) in [6.07, 6.45) is -4.78. The number of likely N-dealkylation sites (tertiary alicyclic amines) is 1. The van der Waals surface area contributed by atoms with Crippen LogP contribution in [0.4, 0.5) is 17.6 Å². The molecular weight excluding hydrogens is 472 g/mol. The van der Waals surface area contributed by atoms with E-state index >= 15 is 0 Å². The first kappa shape index (κ1) is 26.0. The minimum absolute atomic E-state index is 0.0285. The zero-order valence-electron chi connectivity index (χ0n) is 18.1. The van der Waals surface area contributed by atoms with E-state index in [9.17, 15) is 22.4 Å². The molecule has 1 aliphatic carbocycles. The van der Waals surface area contributed by atoms with Crippen LogP contribution in [-0.4, -0.2) is 81.5 Å². The summed E-state index contributed by atoms with van der Waals surface area (Å²) >= 11 is 5.62. The largest absolute Gasteiger partial charge is 0.522 e. The van der Waals surface area contributed by atoms with Crippen molar-refractivity contribution in [2.45, 2.75) is 50.0 Å². The molecule has 12 heteroatoms. The van der Waals surface area contributed by atoms with Gasteiger partial charge in [0.25, 0.3) is 5.91 Å².